The molecule has 0 bridgehead atoms. The molecule has 6 rings (SSSR count). The van der Waals surface area contributed by atoms with Crippen LogP contribution in [0.1, 0.15) is 50.3 Å². The molecule has 0 radical (unpaired) electrons. The van der Waals surface area contributed by atoms with Gasteiger partial charge in [0, 0.05) is 16.7 Å². The molecule has 0 saturated carbocycles. The van der Waals surface area contributed by atoms with Crippen LogP contribution in [0.15, 0.2) is 134 Å². The fraction of sp³-hybridized carbons (Fsp3) is 0.175. The minimum absolute atomic E-state index is 0.414. The molecule has 0 spiro atoms. The third-order valence-corrected chi connectivity index (χ3v) is 8.27. The minimum Gasteiger partial charge on any atom is -0.193 e. The summed E-state index contributed by atoms with van der Waals surface area (Å²) in [6, 6.07) is 46.3. The predicted octanol–water partition coefficient (Wildman–Crippen LogP) is 10.0. The van der Waals surface area contributed by atoms with Gasteiger partial charge in [0.15, 0.2) is 11.4 Å². The second-order valence-corrected chi connectivity index (χ2v) is 11.2. The van der Waals surface area contributed by atoms with Crippen LogP contribution in [-0.4, -0.2) is 4.57 Å². The highest BCUT2D eigenvalue weighted by atomic mass is 15.2. The van der Waals surface area contributed by atoms with Gasteiger partial charge in [0.1, 0.15) is 11.4 Å². The van der Waals surface area contributed by atoms with Crippen molar-refractivity contribution in [3.05, 3.63) is 150 Å². The Morgan fingerprint density at radius 1 is 0.595 bits per heavy atom. The number of aromatic nitrogens is 2. The molecule has 0 fully saturated rings. The van der Waals surface area contributed by atoms with Crippen LogP contribution in [0, 0.1) is 0 Å². The normalized spacial score (nSPS) is 11.3. The number of para-hydroxylation sites is 1. The van der Waals surface area contributed by atoms with Gasteiger partial charge in [0.05, 0.1) is 0 Å². The number of benzene rings is 5. The summed E-state index contributed by atoms with van der Waals surface area (Å²) in [7, 11) is 0. The van der Waals surface area contributed by atoms with Crippen molar-refractivity contribution >= 4 is 0 Å². The van der Waals surface area contributed by atoms with E-state index in [0.29, 0.717) is 5.92 Å². The molecule has 1 aromatic heterocycles. The van der Waals surface area contributed by atoms with E-state index in [-0.39, 0.29) is 0 Å². The highest BCUT2D eigenvalue weighted by molar-refractivity contribution is 5.82. The Hall–Kier alpha value is -4.69. The van der Waals surface area contributed by atoms with Crippen LogP contribution in [0.3, 0.4) is 0 Å². The molecule has 0 N–H and O–H groups in total. The molecule has 0 unspecified atom stereocenters. The molecule has 0 atom stereocenters. The summed E-state index contributed by atoms with van der Waals surface area (Å²) in [5.74, 6) is 0.414. The highest BCUT2D eigenvalue weighted by Gasteiger charge is 2.31. The molecule has 0 aliphatic carbocycles. The first-order valence-corrected chi connectivity index (χ1v) is 15.2. The Bertz CT molecular complexity index is 1770. The first-order valence-electron chi connectivity index (χ1n) is 15.2. The molecular formula is C40H39N2+. The van der Waals surface area contributed by atoms with E-state index in [2.05, 4.69) is 171 Å². The van der Waals surface area contributed by atoms with Crippen molar-refractivity contribution in [3.8, 4) is 45.0 Å². The summed E-state index contributed by atoms with van der Waals surface area (Å²) < 4.78 is 4.91. The number of aryl methyl sites for hydroxylation is 2. The smallest absolute Gasteiger partial charge is 0.193 e. The summed E-state index contributed by atoms with van der Waals surface area (Å²) in [5.41, 5.74) is 13.7. The van der Waals surface area contributed by atoms with Crippen LogP contribution < -0.4 is 4.57 Å². The van der Waals surface area contributed by atoms with E-state index in [4.69, 9.17) is 0 Å². The molecule has 208 valence electrons. The van der Waals surface area contributed by atoms with Crippen LogP contribution >= 0.6 is 0 Å². The lowest BCUT2D eigenvalue weighted by Crippen LogP contribution is -2.34. The Balaban J connectivity index is 1.79. The lowest BCUT2D eigenvalue weighted by molar-refractivity contribution is -0.584. The molecule has 42 heavy (non-hydrogen) atoms. The average molecular weight is 548 g/mol. The average Bonchev–Trinajstić information content (AvgIpc) is 3.45. The molecule has 1 heterocycles. The Morgan fingerprint density at radius 2 is 1.14 bits per heavy atom. The fourth-order valence-corrected chi connectivity index (χ4v) is 6.05. The van der Waals surface area contributed by atoms with Gasteiger partial charge in [-0.25, -0.2) is 0 Å². The fourth-order valence-electron chi connectivity index (χ4n) is 6.05. The van der Waals surface area contributed by atoms with Gasteiger partial charge >= 0.3 is 0 Å². The number of hydrogen-bond acceptors (Lipinski definition) is 0. The summed E-state index contributed by atoms with van der Waals surface area (Å²) >= 11 is 0. The third-order valence-electron chi connectivity index (χ3n) is 8.27. The summed E-state index contributed by atoms with van der Waals surface area (Å²) in [6.07, 6.45) is 4.27. The summed E-state index contributed by atoms with van der Waals surface area (Å²) in [6.45, 7) is 9.07. The number of imidazole rings is 1. The van der Waals surface area contributed by atoms with Gasteiger partial charge in [-0.15, -0.1) is 0 Å². The van der Waals surface area contributed by atoms with Gasteiger partial charge in [-0.05, 0) is 53.1 Å². The molecule has 0 amide bonds. The van der Waals surface area contributed by atoms with Gasteiger partial charge < -0.3 is 0 Å². The minimum atomic E-state index is 0.414. The Labute approximate surface area is 250 Å². The van der Waals surface area contributed by atoms with Gasteiger partial charge in [0.2, 0.25) is 0 Å². The second-order valence-electron chi connectivity index (χ2n) is 11.2. The molecular weight excluding hydrogens is 508 g/mol. The Kier molecular flexibility index (Phi) is 7.88. The van der Waals surface area contributed by atoms with Crippen molar-refractivity contribution in [1.29, 1.82) is 0 Å². The van der Waals surface area contributed by atoms with Crippen molar-refractivity contribution in [2.45, 2.75) is 46.5 Å². The maximum Gasteiger partial charge on any atom is 0.255 e. The Morgan fingerprint density at radius 3 is 1.69 bits per heavy atom. The zero-order valence-corrected chi connectivity index (χ0v) is 25.1. The molecule has 0 aliphatic heterocycles. The zero-order valence-electron chi connectivity index (χ0n) is 25.1. The van der Waals surface area contributed by atoms with Crippen molar-refractivity contribution in [2.75, 3.05) is 0 Å². The van der Waals surface area contributed by atoms with E-state index in [1.807, 2.05) is 0 Å². The molecule has 0 saturated heterocycles. The number of hydrogen-bond donors (Lipinski definition) is 0. The van der Waals surface area contributed by atoms with Gasteiger partial charge in [-0.2, -0.15) is 9.13 Å². The molecule has 6 aromatic rings. The largest absolute Gasteiger partial charge is 0.255 e. The maximum absolute atomic E-state index is 2.46. The van der Waals surface area contributed by atoms with Gasteiger partial charge in [0.25, 0.3) is 6.33 Å². The molecule has 2 heteroatoms. The molecule has 5 aromatic carbocycles. The van der Waals surface area contributed by atoms with Crippen molar-refractivity contribution in [3.63, 3.8) is 0 Å². The van der Waals surface area contributed by atoms with Crippen molar-refractivity contribution in [2.24, 2.45) is 0 Å². The topological polar surface area (TPSA) is 8.81 Å². The van der Waals surface area contributed by atoms with Crippen LogP contribution in [0.5, 0.6) is 0 Å². The van der Waals surface area contributed by atoms with Gasteiger partial charge in [-0.1, -0.05) is 143 Å². The van der Waals surface area contributed by atoms with Crippen molar-refractivity contribution < 1.29 is 4.57 Å². The second kappa shape index (κ2) is 12.0. The monoisotopic (exact) mass is 547 g/mol. The standard InChI is InChI=1S/C40H39N2/c1-5-30-23-16-24-31(6-2)38(30)42-28-41(37-27-35(29(3)4)25-26-36(37)32-17-10-7-11-18-32)39(33-19-12-8-13-20-33)40(42)34-21-14-9-15-22-34/h7-29H,5-6H2,1-4H3/q+1. The predicted molar refractivity (Wildman–Crippen MR) is 176 cm³/mol. The van der Waals surface area contributed by atoms with E-state index in [9.17, 15) is 0 Å². The van der Waals surface area contributed by atoms with Gasteiger partial charge in [-0.3, -0.25) is 0 Å². The first kappa shape index (κ1) is 27.5. The van der Waals surface area contributed by atoms with Crippen LogP contribution in [0.2, 0.25) is 0 Å². The van der Waals surface area contributed by atoms with E-state index in [1.165, 1.54) is 61.7 Å². The maximum atomic E-state index is 2.46. The number of rotatable bonds is 8. The van der Waals surface area contributed by atoms with E-state index in [1.54, 1.807) is 0 Å². The van der Waals surface area contributed by atoms with E-state index >= 15 is 0 Å². The molecule has 2 nitrogen and oxygen atoms in total. The van der Waals surface area contributed by atoms with E-state index < -0.39 is 0 Å². The summed E-state index contributed by atoms with van der Waals surface area (Å²) in [4.78, 5) is 0. The quantitative estimate of drug-likeness (QED) is 0.168. The lowest BCUT2D eigenvalue weighted by Gasteiger charge is -2.13. The third kappa shape index (κ3) is 5.10. The van der Waals surface area contributed by atoms with E-state index in [0.717, 1.165) is 12.8 Å². The highest BCUT2D eigenvalue weighted by Crippen LogP contribution is 2.38. The van der Waals surface area contributed by atoms with Crippen LogP contribution in [0.25, 0.3) is 45.0 Å². The SMILES string of the molecule is CCc1cccc(CC)c1-[n+]1cn(-c2cc(C(C)C)ccc2-c2ccccc2)c(-c2ccccc2)c1-c1ccccc1. The summed E-state index contributed by atoms with van der Waals surface area (Å²) in [5, 5.41) is 0. The van der Waals surface area contributed by atoms with Crippen LogP contribution in [-0.2, 0) is 12.8 Å². The first-order chi connectivity index (χ1) is 20.6. The number of nitrogens with zero attached hydrogens (tertiary/aromatic N) is 2. The van der Waals surface area contributed by atoms with Crippen LogP contribution in [0.4, 0.5) is 0 Å². The van der Waals surface area contributed by atoms with Crippen molar-refractivity contribution in [1.82, 2.24) is 4.57 Å². The lowest BCUT2D eigenvalue weighted by atomic mass is 9.96. The molecule has 0 aliphatic rings. The zero-order chi connectivity index (χ0) is 29.1.